The highest BCUT2D eigenvalue weighted by Gasteiger charge is 2.12. The number of fused-ring (bicyclic) bond motifs is 3. The van der Waals surface area contributed by atoms with Crippen molar-refractivity contribution in [3.05, 3.63) is 30.1 Å². The Hall–Kier alpha value is -1.31. The van der Waals surface area contributed by atoms with Crippen molar-refractivity contribution in [1.29, 1.82) is 0 Å². The fourth-order valence-corrected chi connectivity index (χ4v) is 2.19. The van der Waals surface area contributed by atoms with E-state index >= 15 is 0 Å². The van der Waals surface area contributed by atoms with Crippen molar-refractivity contribution < 1.29 is 0 Å². The molecule has 0 N–H and O–H groups in total. The predicted octanol–water partition coefficient (Wildman–Crippen LogP) is 2.37. The Kier molecular flexibility index (Phi) is 1.42. The van der Waals surface area contributed by atoms with E-state index in [0.29, 0.717) is 0 Å². The molecule has 3 rings (SSSR count). The van der Waals surface area contributed by atoms with Gasteiger partial charge < -0.3 is 4.57 Å². The minimum atomic E-state index is 1.15. The molecule has 66 valence electrons. The zero-order valence-electron chi connectivity index (χ0n) is 7.53. The molecule has 2 aromatic rings. The van der Waals surface area contributed by atoms with Crippen molar-refractivity contribution in [2.45, 2.75) is 25.8 Å². The average Bonchev–Trinajstić information content (AvgIpc) is 2.56. The second kappa shape index (κ2) is 2.59. The summed E-state index contributed by atoms with van der Waals surface area (Å²) in [6.07, 6.45) is 5.73. The summed E-state index contributed by atoms with van der Waals surface area (Å²) in [5, 5.41) is 0. The van der Waals surface area contributed by atoms with Crippen LogP contribution in [0.1, 0.15) is 18.5 Å². The van der Waals surface area contributed by atoms with Crippen LogP contribution in [0.2, 0.25) is 0 Å². The number of rotatable bonds is 0. The summed E-state index contributed by atoms with van der Waals surface area (Å²) >= 11 is 0. The van der Waals surface area contributed by atoms with Crippen molar-refractivity contribution in [3.8, 4) is 0 Å². The van der Waals surface area contributed by atoms with Crippen LogP contribution in [0.5, 0.6) is 0 Å². The summed E-state index contributed by atoms with van der Waals surface area (Å²) in [6.45, 7) is 1.17. The fourth-order valence-electron chi connectivity index (χ4n) is 2.19. The molecule has 2 nitrogen and oxygen atoms in total. The molecule has 0 saturated heterocycles. The molecule has 0 radical (unpaired) electrons. The number of nitrogens with zero attached hydrogens (tertiary/aromatic N) is 2. The molecule has 2 heteroatoms. The predicted molar refractivity (Wildman–Crippen MR) is 52.7 cm³/mol. The molecule has 3 heterocycles. The van der Waals surface area contributed by atoms with Gasteiger partial charge in [0, 0.05) is 18.4 Å². The normalized spacial score (nSPS) is 16.0. The quantitative estimate of drug-likeness (QED) is 0.596. The van der Waals surface area contributed by atoms with Crippen LogP contribution in [0.15, 0.2) is 24.4 Å². The van der Waals surface area contributed by atoms with E-state index in [9.17, 15) is 0 Å². The highest BCUT2D eigenvalue weighted by atomic mass is 15.0. The molecule has 2 aromatic heterocycles. The SMILES string of the molecule is c1cnc2cc3n(c2c1)CCCC3. The molecule has 0 aliphatic carbocycles. The molecule has 1 aliphatic rings. The average molecular weight is 172 g/mol. The van der Waals surface area contributed by atoms with E-state index in [0.717, 1.165) is 5.52 Å². The van der Waals surface area contributed by atoms with Gasteiger partial charge in [0.2, 0.25) is 0 Å². The van der Waals surface area contributed by atoms with Gasteiger partial charge >= 0.3 is 0 Å². The van der Waals surface area contributed by atoms with Gasteiger partial charge in [-0.15, -0.1) is 0 Å². The van der Waals surface area contributed by atoms with E-state index in [2.05, 4.69) is 21.7 Å². The van der Waals surface area contributed by atoms with E-state index in [1.165, 1.54) is 37.0 Å². The molecule has 0 fully saturated rings. The standard InChI is InChI=1S/C11H12N2/c1-2-7-13-9(4-1)8-10-11(13)5-3-6-12-10/h3,5-6,8H,1-2,4,7H2. The Morgan fingerprint density at radius 1 is 1.31 bits per heavy atom. The summed E-state index contributed by atoms with van der Waals surface area (Å²) in [6, 6.07) is 6.41. The molecule has 1 aliphatic heterocycles. The Bertz CT molecular complexity index is 442. The maximum atomic E-state index is 4.37. The van der Waals surface area contributed by atoms with Gasteiger partial charge in [0.25, 0.3) is 0 Å². The first-order chi connectivity index (χ1) is 6.45. The maximum Gasteiger partial charge on any atom is 0.0883 e. The lowest BCUT2D eigenvalue weighted by Crippen LogP contribution is -2.08. The Morgan fingerprint density at radius 3 is 3.31 bits per heavy atom. The Balaban J connectivity index is 2.34. The Morgan fingerprint density at radius 2 is 2.31 bits per heavy atom. The minimum absolute atomic E-state index is 1.15. The summed E-state index contributed by atoms with van der Waals surface area (Å²) in [7, 11) is 0. The first-order valence-corrected chi connectivity index (χ1v) is 4.88. The van der Waals surface area contributed by atoms with Gasteiger partial charge in [-0.1, -0.05) is 0 Å². The van der Waals surface area contributed by atoms with Gasteiger partial charge in [0.15, 0.2) is 0 Å². The van der Waals surface area contributed by atoms with Crippen LogP contribution in [0, 0.1) is 0 Å². The minimum Gasteiger partial charge on any atom is -0.343 e. The molecule has 0 bridgehead atoms. The van der Waals surface area contributed by atoms with E-state index in [4.69, 9.17) is 0 Å². The third kappa shape index (κ3) is 0.981. The lowest BCUT2D eigenvalue weighted by Gasteiger charge is -2.15. The van der Waals surface area contributed by atoms with Gasteiger partial charge in [-0.25, -0.2) is 0 Å². The maximum absolute atomic E-state index is 4.37. The smallest absolute Gasteiger partial charge is 0.0883 e. The number of pyridine rings is 1. The van der Waals surface area contributed by atoms with E-state index in [1.54, 1.807) is 0 Å². The van der Waals surface area contributed by atoms with Crippen LogP contribution in [0.3, 0.4) is 0 Å². The molecule has 0 amide bonds. The Labute approximate surface area is 77.2 Å². The summed E-state index contributed by atoms with van der Waals surface area (Å²) in [5.74, 6) is 0. The largest absolute Gasteiger partial charge is 0.343 e. The van der Waals surface area contributed by atoms with Crippen LogP contribution >= 0.6 is 0 Å². The summed E-state index contributed by atoms with van der Waals surface area (Å²) in [5.41, 5.74) is 3.91. The van der Waals surface area contributed by atoms with Gasteiger partial charge in [-0.3, -0.25) is 4.98 Å². The highest BCUT2D eigenvalue weighted by molar-refractivity contribution is 5.76. The zero-order chi connectivity index (χ0) is 8.67. The van der Waals surface area contributed by atoms with Crippen LogP contribution in [0.4, 0.5) is 0 Å². The molecule has 13 heavy (non-hydrogen) atoms. The van der Waals surface area contributed by atoms with Gasteiger partial charge in [-0.2, -0.15) is 0 Å². The van der Waals surface area contributed by atoms with Crippen LogP contribution in [0.25, 0.3) is 11.0 Å². The number of aromatic nitrogens is 2. The molecular formula is C11H12N2. The monoisotopic (exact) mass is 172 g/mol. The second-order valence-electron chi connectivity index (χ2n) is 3.65. The summed E-state index contributed by atoms with van der Waals surface area (Å²) in [4.78, 5) is 4.37. The molecular weight excluding hydrogens is 160 g/mol. The van der Waals surface area contributed by atoms with Crippen molar-refractivity contribution in [2.75, 3.05) is 0 Å². The molecule has 0 aromatic carbocycles. The first-order valence-electron chi connectivity index (χ1n) is 4.88. The van der Waals surface area contributed by atoms with Crippen LogP contribution in [-0.2, 0) is 13.0 Å². The third-order valence-corrected chi connectivity index (χ3v) is 2.82. The fraction of sp³-hybridized carbons (Fsp3) is 0.364. The van der Waals surface area contributed by atoms with Crippen molar-refractivity contribution in [2.24, 2.45) is 0 Å². The van der Waals surface area contributed by atoms with Crippen molar-refractivity contribution in [1.82, 2.24) is 9.55 Å². The van der Waals surface area contributed by atoms with Crippen molar-refractivity contribution >= 4 is 11.0 Å². The van der Waals surface area contributed by atoms with Gasteiger partial charge in [0.05, 0.1) is 11.0 Å². The molecule has 0 unspecified atom stereocenters. The topological polar surface area (TPSA) is 17.8 Å². The second-order valence-corrected chi connectivity index (χ2v) is 3.65. The van der Waals surface area contributed by atoms with Gasteiger partial charge in [0.1, 0.15) is 0 Å². The van der Waals surface area contributed by atoms with Crippen molar-refractivity contribution in [3.63, 3.8) is 0 Å². The first kappa shape index (κ1) is 7.13. The lowest BCUT2D eigenvalue weighted by molar-refractivity contribution is 0.545. The summed E-state index contributed by atoms with van der Waals surface area (Å²) < 4.78 is 2.41. The molecule has 0 saturated carbocycles. The number of hydrogen-bond acceptors (Lipinski definition) is 1. The molecule has 0 atom stereocenters. The van der Waals surface area contributed by atoms with Gasteiger partial charge in [-0.05, 0) is 37.5 Å². The van der Waals surface area contributed by atoms with E-state index < -0.39 is 0 Å². The van der Waals surface area contributed by atoms with Crippen LogP contribution < -0.4 is 0 Å². The van der Waals surface area contributed by atoms with E-state index in [-0.39, 0.29) is 0 Å². The molecule has 0 spiro atoms. The third-order valence-electron chi connectivity index (χ3n) is 2.82. The lowest BCUT2D eigenvalue weighted by atomic mass is 10.1. The highest BCUT2D eigenvalue weighted by Crippen LogP contribution is 2.23. The number of hydrogen-bond donors (Lipinski definition) is 0. The van der Waals surface area contributed by atoms with Crippen LogP contribution in [-0.4, -0.2) is 9.55 Å². The van der Waals surface area contributed by atoms with E-state index in [1.807, 2.05) is 12.3 Å². The number of aryl methyl sites for hydroxylation is 2. The zero-order valence-corrected chi connectivity index (χ0v) is 7.53.